The molecule has 2 aromatic rings. The zero-order valence-electron chi connectivity index (χ0n) is 10.7. The first kappa shape index (κ1) is 11.3. The molecule has 0 fully saturated rings. The van der Waals surface area contributed by atoms with Crippen LogP contribution in [0.15, 0.2) is 12.1 Å². The van der Waals surface area contributed by atoms with E-state index < -0.39 is 0 Å². The van der Waals surface area contributed by atoms with Gasteiger partial charge >= 0.3 is 0 Å². The summed E-state index contributed by atoms with van der Waals surface area (Å²) < 4.78 is 11.3. The lowest BCUT2D eigenvalue weighted by atomic mass is 10.3. The molecule has 0 aliphatic carbocycles. The van der Waals surface area contributed by atoms with Gasteiger partial charge < -0.3 is 19.4 Å². The molecule has 1 aromatic heterocycles. The van der Waals surface area contributed by atoms with Gasteiger partial charge in [0.05, 0.1) is 30.8 Å². The van der Waals surface area contributed by atoms with Crippen LogP contribution in [-0.2, 0) is 6.54 Å². The second kappa shape index (κ2) is 4.49. The van der Waals surface area contributed by atoms with Crippen LogP contribution in [0.1, 0.15) is 12.2 Å². The topological polar surface area (TPSA) is 50.4 Å². The van der Waals surface area contributed by atoms with Gasteiger partial charge in [-0.2, -0.15) is 0 Å². The molecule has 0 amide bonds. The van der Waals surface area contributed by atoms with Crippen LogP contribution in [-0.4, -0.2) is 42.2 Å². The van der Waals surface area contributed by atoms with Crippen LogP contribution in [0, 0.1) is 0 Å². The molecule has 1 aliphatic heterocycles. The summed E-state index contributed by atoms with van der Waals surface area (Å²) in [6.07, 6.45) is 0.919. The van der Waals surface area contributed by atoms with Crippen LogP contribution in [0.3, 0.4) is 0 Å². The van der Waals surface area contributed by atoms with E-state index in [1.165, 1.54) is 0 Å². The predicted octanol–water partition coefficient (Wildman–Crippen LogP) is 1.79. The summed E-state index contributed by atoms with van der Waals surface area (Å²) in [7, 11) is 4.04. The minimum Gasteiger partial charge on any atom is -0.489 e. The molecule has 1 aromatic carbocycles. The summed E-state index contributed by atoms with van der Waals surface area (Å²) in [4.78, 5) is 9.95. The number of hydrogen-bond donors (Lipinski definition) is 1. The first-order chi connectivity index (χ1) is 8.72. The molecule has 0 saturated carbocycles. The molecule has 0 radical (unpaired) electrons. The zero-order chi connectivity index (χ0) is 12.5. The molecule has 0 atom stereocenters. The fourth-order valence-electron chi connectivity index (χ4n) is 2.09. The van der Waals surface area contributed by atoms with E-state index in [1.807, 2.05) is 26.2 Å². The Labute approximate surface area is 106 Å². The van der Waals surface area contributed by atoms with Crippen molar-refractivity contribution < 1.29 is 9.47 Å². The smallest absolute Gasteiger partial charge is 0.163 e. The monoisotopic (exact) mass is 247 g/mol. The molecule has 1 aliphatic rings. The number of H-pyrrole nitrogens is 1. The summed E-state index contributed by atoms with van der Waals surface area (Å²) in [5, 5.41) is 0. The molecule has 18 heavy (non-hydrogen) atoms. The zero-order valence-corrected chi connectivity index (χ0v) is 10.7. The summed E-state index contributed by atoms with van der Waals surface area (Å²) in [5.74, 6) is 2.55. The molecule has 0 unspecified atom stereocenters. The number of nitrogens with one attached hydrogen (secondary N) is 1. The van der Waals surface area contributed by atoms with E-state index in [9.17, 15) is 0 Å². The second-order valence-corrected chi connectivity index (χ2v) is 4.79. The number of aromatic amines is 1. The SMILES string of the molecule is CN(C)Cc1nc2cc3c(cc2[nH]1)OCCCO3. The number of hydrogen-bond acceptors (Lipinski definition) is 4. The van der Waals surface area contributed by atoms with Crippen molar-refractivity contribution in [2.24, 2.45) is 0 Å². The minimum atomic E-state index is 0.702. The van der Waals surface area contributed by atoms with E-state index in [1.54, 1.807) is 0 Å². The standard InChI is InChI=1S/C13H17N3O2/c1-16(2)8-13-14-9-6-11-12(7-10(9)15-13)18-5-3-4-17-11/h6-7H,3-5,8H2,1-2H3,(H,14,15). The molecule has 5 heteroatoms. The normalized spacial score (nSPS) is 15.1. The summed E-state index contributed by atoms with van der Waals surface area (Å²) in [6.45, 7) is 2.20. The van der Waals surface area contributed by atoms with Crippen LogP contribution < -0.4 is 9.47 Å². The fraction of sp³-hybridized carbons (Fsp3) is 0.462. The third-order valence-corrected chi connectivity index (χ3v) is 2.87. The van der Waals surface area contributed by atoms with Crippen molar-refractivity contribution in [3.05, 3.63) is 18.0 Å². The van der Waals surface area contributed by atoms with Crippen molar-refractivity contribution >= 4 is 11.0 Å². The molecule has 96 valence electrons. The highest BCUT2D eigenvalue weighted by atomic mass is 16.5. The Morgan fingerprint density at radius 2 is 1.94 bits per heavy atom. The summed E-state index contributed by atoms with van der Waals surface area (Å²) in [6, 6.07) is 3.92. The Morgan fingerprint density at radius 1 is 1.22 bits per heavy atom. The maximum absolute atomic E-state index is 5.66. The van der Waals surface area contributed by atoms with Gasteiger partial charge in [0.2, 0.25) is 0 Å². The molecule has 3 rings (SSSR count). The van der Waals surface area contributed by atoms with Gasteiger partial charge in [0.15, 0.2) is 11.5 Å². The van der Waals surface area contributed by atoms with Gasteiger partial charge in [0.25, 0.3) is 0 Å². The number of fused-ring (bicyclic) bond motifs is 2. The first-order valence-corrected chi connectivity index (χ1v) is 6.15. The number of rotatable bonds is 2. The molecular formula is C13H17N3O2. The highest BCUT2D eigenvalue weighted by Crippen LogP contribution is 2.33. The van der Waals surface area contributed by atoms with Gasteiger partial charge in [-0.1, -0.05) is 0 Å². The largest absolute Gasteiger partial charge is 0.489 e. The van der Waals surface area contributed by atoms with Crippen molar-refractivity contribution in [2.45, 2.75) is 13.0 Å². The summed E-state index contributed by atoms with van der Waals surface area (Å²) in [5.41, 5.74) is 1.92. The quantitative estimate of drug-likeness (QED) is 0.879. The Kier molecular flexibility index (Phi) is 2.83. The Morgan fingerprint density at radius 3 is 2.67 bits per heavy atom. The lowest BCUT2D eigenvalue weighted by Gasteiger charge is -2.05. The minimum absolute atomic E-state index is 0.702. The lowest BCUT2D eigenvalue weighted by Crippen LogP contribution is -2.11. The van der Waals surface area contributed by atoms with Crippen LogP contribution >= 0.6 is 0 Å². The molecule has 1 N–H and O–H groups in total. The second-order valence-electron chi connectivity index (χ2n) is 4.79. The van der Waals surface area contributed by atoms with Crippen LogP contribution in [0.2, 0.25) is 0 Å². The van der Waals surface area contributed by atoms with Crippen molar-refractivity contribution in [3.63, 3.8) is 0 Å². The van der Waals surface area contributed by atoms with Crippen molar-refractivity contribution in [1.29, 1.82) is 0 Å². The average molecular weight is 247 g/mol. The van der Waals surface area contributed by atoms with E-state index >= 15 is 0 Å². The molecule has 0 bridgehead atoms. The highest BCUT2D eigenvalue weighted by Gasteiger charge is 2.13. The van der Waals surface area contributed by atoms with Crippen LogP contribution in [0.25, 0.3) is 11.0 Å². The fourth-order valence-corrected chi connectivity index (χ4v) is 2.09. The lowest BCUT2D eigenvalue weighted by molar-refractivity contribution is 0.297. The first-order valence-electron chi connectivity index (χ1n) is 6.15. The van der Waals surface area contributed by atoms with Crippen molar-refractivity contribution in [3.8, 4) is 11.5 Å². The van der Waals surface area contributed by atoms with E-state index in [0.717, 1.165) is 41.3 Å². The van der Waals surface area contributed by atoms with E-state index in [4.69, 9.17) is 9.47 Å². The Bertz CT molecular complexity index is 520. The third kappa shape index (κ3) is 2.13. The van der Waals surface area contributed by atoms with Crippen molar-refractivity contribution in [2.75, 3.05) is 27.3 Å². The maximum atomic E-state index is 5.66. The molecular weight excluding hydrogens is 230 g/mol. The molecule has 0 spiro atoms. The van der Waals surface area contributed by atoms with Gasteiger partial charge in [0.1, 0.15) is 5.82 Å². The number of ether oxygens (including phenoxy) is 2. The van der Waals surface area contributed by atoms with Gasteiger partial charge in [-0.3, -0.25) is 0 Å². The molecule has 5 nitrogen and oxygen atoms in total. The third-order valence-electron chi connectivity index (χ3n) is 2.87. The Hall–Kier alpha value is -1.75. The van der Waals surface area contributed by atoms with E-state index in [0.29, 0.717) is 13.2 Å². The number of imidazole rings is 1. The number of aromatic nitrogens is 2. The number of nitrogens with zero attached hydrogens (tertiary/aromatic N) is 2. The average Bonchev–Trinajstić information content (AvgIpc) is 2.54. The Balaban J connectivity index is 2.01. The van der Waals surface area contributed by atoms with Gasteiger partial charge in [-0.15, -0.1) is 0 Å². The van der Waals surface area contributed by atoms with E-state index in [2.05, 4.69) is 14.9 Å². The predicted molar refractivity (Wildman–Crippen MR) is 69.1 cm³/mol. The van der Waals surface area contributed by atoms with Crippen molar-refractivity contribution in [1.82, 2.24) is 14.9 Å². The van der Waals surface area contributed by atoms with Gasteiger partial charge in [-0.25, -0.2) is 4.98 Å². The van der Waals surface area contributed by atoms with Crippen LogP contribution in [0.4, 0.5) is 0 Å². The van der Waals surface area contributed by atoms with Gasteiger partial charge in [0, 0.05) is 18.6 Å². The number of benzene rings is 1. The van der Waals surface area contributed by atoms with Crippen LogP contribution in [0.5, 0.6) is 11.5 Å². The summed E-state index contributed by atoms with van der Waals surface area (Å²) >= 11 is 0. The molecule has 2 heterocycles. The highest BCUT2D eigenvalue weighted by molar-refractivity contribution is 5.79. The maximum Gasteiger partial charge on any atom is 0.163 e. The van der Waals surface area contributed by atoms with E-state index in [-0.39, 0.29) is 0 Å². The van der Waals surface area contributed by atoms with Gasteiger partial charge in [-0.05, 0) is 14.1 Å². The molecule has 0 saturated heterocycles.